The molecule has 0 spiro atoms. The maximum absolute atomic E-state index is 11.0. The zero-order chi connectivity index (χ0) is 7.14. The molecule has 2 rings (SSSR count). The summed E-state index contributed by atoms with van der Waals surface area (Å²) in [5, 5.41) is 0. The molecule has 1 heterocycles. The van der Waals surface area contributed by atoms with E-state index >= 15 is 0 Å². The van der Waals surface area contributed by atoms with Gasteiger partial charge in [-0.1, -0.05) is 0 Å². The number of hydrogen-bond donors (Lipinski definition) is 0. The normalized spacial score (nSPS) is 37.1. The zero-order valence-electron chi connectivity index (χ0n) is 6.34. The number of piperidine rings is 1. The number of carbonyl (C=O) groups is 1. The van der Waals surface area contributed by atoms with E-state index in [-0.39, 0.29) is 5.91 Å². The Bertz CT molecular complexity index is 167. The first-order valence-corrected chi connectivity index (χ1v) is 4.04. The molecule has 56 valence electrons. The molecule has 1 aliphatic heterocycles. The van der Waals surface area contributed by atoms with Gasteiger partial charge in [-0.3, -0.25) is 4.79 Å². The molecule has 10 heavy (non-hydrogen) atoms. The molecular formula is C8H13NO. The Morgan fingerprint density at radius 2 is 2.30 bits per heavy atom. The van der Waals surface area contributed by atoms with Gasteiger partial charge in [0.15, 0.2) is 0 Å². The standard InChI is InChI=1S/C8H13NO/c1-6(10)9-5-7-2-3-8(9)4-7/h7-8H,2-5H2,1H3. The minimum absolute atomic E-state index is 0.271. The highest BCUT2D eigenvalue weighted by molar-refractivity contribution is 5.74. The molecule has 0 aromatic rings. The summed E-state index contributed by atoms with van der Waals surface area (Å²) in [5.74, 6) is 1.11. The highest BCUT2D eigenvalue weighted by atomic mass is 16.2. The van der Waals surface area contributed by atoms with Crippen LogP contribution in [0.25, 0.3) is 0 Å². The zero-order valence-corrected chi connectivity index (χ0v) is 6.34. The van der Waals surface area contributed by atoms with Gasteiger partial charge in [0.1, 0.15) is 0 Å². The van der Waals surface area contributed by atoms with Crippen LogP contribution < -0.4 is 0 Å². The molecule has 2 fully saturated rings. The van der Waals surface area contributed by atoms with Crippen molar-refractivity contribution in [3.63, 3.8) is 0 Å². The van der Waals surface area contributed by atoms with E-state index in [9.17, 15) is 4.79 Å². The largest absolute Gasteiger partial charge is 0.340 e. The molecule has 2 bridgehead atoms. The second-order valence-corrected chi connectivity index (χ2v) is 3.50. The Hall–Kier alpha value is -0.530. The van der Waals surface area contributed by atoms with Crippen molar-refractivity contribution in [3.05, 3.63) is 0 Å². The first-order chi connectivity index (χ1) is 4.77. The van der Waals surface area contributed by atoms with Gasteiger partial charge < -0.3 is 4.90 Å². The number of rotatable bonds is 0. The molecule has 2 nitrogen and oxygen atoms in total. The topological polar surface area (TPSA) is 20.3 Å². The Morgan fingerprint density at radius 3 is 2.60 bits per heavy atom. The number of nitrogens with zero attached hydrogens (tertiary/aromatic N) is 1. The quantitative estimate of drug-likeness (QED) is 0.490. The number of amides is 1. The van der Waals surface area contributed by atoms with E-state index in [4.69, 9.17) is 0 Å². The average molecular weight is 139 g/mol. The third-order valence-electron chi connectivity index (χ3n) is 2.81. The van der Waals surface area contributed by atoms with E-state index < -0.39 is 0 Å². The third-order valence-corrected chi connectivity index (χ3v) is 2.81. The smallest absolute Gasteiger partial charge is 0.219 e. The van der Waals surface area contributed by atoms with Crippen molar-refractivity contribution in [2.45, 2.75) is 32.2 Å². The van der Waals surface area contributed by atoms with Crippen molar-refractivity contribution in [2.24, 2.45) is 5.92 Å². The molecule has 0 aromatic heterocycles. The third kappa shape index (κ3) is 0.746. The van der Waals surface area contributed by atoms with Crippen LogP contribution in [0.4, 0.5) is 0 Å². The molecular weight excluding hydrogens is 126 g/mol. The van der Waals surface area contributed by atoms with Crippen LogP contribution in [-0.4, -0.2) is 23.4 Å². The molecule has 2 unspecified atom stereocenters. The van der Waals surface area contributed by atoms with Gasteiger partial charge in [-0.2, -0.15) is 0 Å². The lowest BCUT2D eigenvalue weighted by Crippen LogP contribution is -2.35. The molecule has 2 aliphatic rings. The minimum atomic E-state index is 0.271. The van der Waals surface area contributed by atoms with Gasteiger partial charge in [-0.25, -0.2) is 0 Å². The summed E-state index contributed by atoms with van der Waals surface area (Å²) >= 11 is 0. The summed E-state index contributed by atoms with van der Waals surface area (Å²) in [6.45, 7) is 2.72. The summed E-state index contributed by atoms with van der Waals surface area (Å²) in [7, 11) is 0. The Kier molecular flexibility index (Phi) is 1.22. The minimum Gasteiger partial charge on any atom is -0.340 e. The number of fused-ring (bicyclic) bond motifs is 2. The highest BCUT2D eigenvalue weighted by Gasteiger charge is 2.38. The van der Waals surface area contributed by atoms with Gasteiger partial charge in [-0.15, -0.1) is 0 Å². The molecule has 1 saturated heterocycles. The van der Waals surface area contributed by atoms with E-state index in [0.29, 0.717) is 6.04 Å². The van der Waals surface area contributed by atoms with Crippen molar-refractivity contribution >= 4 is 5.91 Å². The van der Waals surface area contributed by atoms with Crippen LogP contribution in [0, 0.1) is 5.92 Å². The van der Waals surface area contributed by atoms with E-state index in [1.807, 2.05) is 4.90 Å². The van der Waals surface area contributed by atoms with Crippen LogP contribution in [0.5, 0.6) is 0 Å². The second kappa shape index (κ2) is 1.97. The molecule has 1 amide bonds. The van der Waals surface area contributed by atoms with Crippen LogP contribution in [-0.2, 0) is 4.79 Å². The van der Waals surface area contributed by atoms with Crippen LogP contribution in [0.1, 0.15) is 26.2 Å². The van der Waals surface area contributed by atoms with Crippen molar-refractivity contribution in [2.75, 3.05) is 6.54 Å². The Labute approximate surface area is 61.2 Å². The van der Waals surface area contributed by atoms with E-state index in [2.05, 4.69) is 0 Å². The van der Waals surface area contributed by atoms with Crippen LogP contribution in [0.2, 0.25) is 0 Å². The number of carbonyl (C=O) groups excluding carboxylic acids is 1. The van der Waals surface area contributed by atoms with Crippen molar-refractivity contribution in [1.82, 2.24) is 4.90 Å². The van der Waals surface area contributed by atoms with Gasteiger partial charge in [0.2, 0.25) is 5.91 Å². The number of hydrogen-bond acceptors (Lipinski definition) is 1. The second-order valence-electron chi connectivity index (χ2n) is 3.50. The Morgan fingerprint density at radius 1 is 1.50 bits per heavy atom. The van der Waals surface area contributed by atoms with Crippen molar-refractivity contribution in [1.29, 1.82) is 0 Å². The van der Waals surface area contributed by atoms with Gasteiger partial charge in [-0.05, 0) is 25.2 Å². The van der Waals surface area contributed by atoms with Crippen LogP contribution in [0.15, 0.2) is 0 Å². The summed E-state index contributed by atoms with van der Waals surface area (Å²) in [5.41, 5.74) is 0. The van der Waals surface area contributed by atoms with Crippen LogP contribution in [0.3, 0.4) is 0 Å². The van der Waals surface area contributed by atoms with E-state index in [1.165, 1.54) is 19.3 Å². The molecule has 0 radical (unpaired) electrons. The molecule has 2 atom stereocenters. The summed E-state index contributed by atoms with van der Waals surface area (Å²) < 4.78 is 0. The predicted molar refractivity (Wildman–Crippen MR) is 38.5 cm³/mol. The summed E-state index contributed by atoms with van der Waals surface area (Å²) in [6, 6.07) is 0.613. The lowest BCUT2D eigenvalue weighted by atomic mass is 10.1. The molecule has 2 heteroatoms. The maximum atomic E-state index is 11.0. The lowest BCUT2D eigenvalue weighted by molar-refractivity contribution is -0.130. The number of likely N-dealkylation sites (tertiary alicyclic amines) is 1. The Balaban J connectivity index is 2.08. The molecule has 1 aliphatic carbocycles. The molecule has 1 saturated carbocycles. The van der Waals surface area contributed by atoms with Crippen molar-refractivity contribution in [3.8, 4) is 0 Å². The summed E-state index contributed by atoms with van der Waals surface area (Å²) in [4.78, 5) is 13.0. The lowest BCUT2D eigenvalue weighted by Gasteiger charge is -2.25. The molecule has 0 aromatic carbocycles. The van der Waals surface area contributed by atoms with Crippen molar-refractivity contribution < 1.29 is 4.79 Å². The SMILES string of the molecule is CC(=O)N1CC2CCC1C2. The highest BCUT2D eigenvalue weighted by Crippen LogP contribution is 2.37. The fourth-order valence-corrected chi connectivity index (χ4v) is 2.31. The van der Waals surface area contributed by atoms with E-state index in [1.54, 1.807) is 6.92 Å². The van der Waals surface area contributed by atoms with Crippen LogP contribution >= 0.6 is 0 Å². The first-order valence-electron chi connectivity index (χ1n) is 4.04. The van der Waals surface area contributed by atoms with Gasteiger partial charge in [0, 0.05) is 19.5 Å². The molecule has 0 N–H and O–H groups in total. The monoisotopic (exact) mass is 139 g/mol. The fourth-order valence-electron chi connectivity index (χ4n) is 2.31. The summed E-state index contributed by atoms with van der Waals surface area (Å²) in [6.07, 6.45) is 3.89. The predicted octanol–water partition coefficient (Wildman–Crippen LogP) is 1.02. The van der Waals surface area contributed by atoms with Gasteiger partial charge in [0.05, 0.1) is 0 Å². The van der Waals surface area contributed by atoms with Gasteiger partial charge in [0.25, 0.3) is 0 Å². The maximum Gasteiger partial charge on any atom is 0.219 e. The fraction of sp³-hybridized carbons (Fsp3) is 0.875. The average Bonchev–Trinajstić information content (AvgIpc) is 2.44. The van der Waals surface area contributed by atoms with E-state index in [0.717, 1.165) is 12.5 Å². The first kappa shape index (κ1) is 6.20. The van der Waals surface area contributed by atoms with Gasteiger partial charge >= 0.3 is 0 Å².